The number of carbonyl (C=O) groups excluding carboxylic acids is 1. The van der Waals surface area contributed by atoms with E-state index in [9.17, 15) is 14.7 Å². The third-order valence-corrected chi connectivity index (χ3v) is 7.78. The molecule has 0 spiro atoms. The van der Waals surface area contributed by atoms with Crippen molar-refractivity contribution in [3.63, 3.8) is 0 Å². The van der Waals surface area contributed by atoms with Crippen LogP contribution in [0.2, 0.25) is 0 Å². The molecular formula is C34H34N4O3S. The normalized spacial score (nSPS) is 11.9. The average molecular weight is 579 g/mol. The lowest BCUT2D eigenvalue weighted by atomic mass is 10.0. The molecule has 1 amide bonds. The van der Waals surface area contributed by atoms with Gasteiger partial charge in [0.05, 0.1) is 28.8 Å². The number of thiol groups is 1. The summed E-state index contributed by atoms with van der Waals surface area (Å²) in [5.41, 5.74) is 6.80. The van der Waals surface area contributed by atoms with Gasteiger partial charge in [-0.2, -0.15) is 12.6 Å². The van der Waals surface area contributed by atoms with Gasteiger partial charge in [0, 0.05) is 35.5 Å². The van der Waals surface area contributed by atoms with Gasteiger partial charge in [0.2, 0.25) is 0 Å². The smallest absolute Gasteiger partial charge is 0.336 e. The van der Waals surface area contributed by atoms with Crippen molar-refractivity contribution in [2.45, 2.75) is 45.7 Å². The Bertz CT molecular complexity index is 1710. The molecule has 0 unspecified atom stereocenters. The first kappa shape index (κ1) is 29.1. The number of amides is 1. The lowest BCUT2D eigenvalue weighted by Gasteiger charge is -2.17. The molecule has 0 aliphatic carbocycles. The first-order chi connectivity index (χ1) is 20.4. The maximum atomic E-state index is 13.4. The van der Waals surface area contributed by atoms with Crippen LogP contribution >= 0.6 is 12.6 Å². The molecule has 3 aromatic carbocycles. The summed E-state index contributed by atoms with van der Waals surface area (Å²) in [4.78, 5) is 34.7. The van der Waals surface area contributed by atoms with Gasteiger partial charge >= 0.3 is 5.97 Å². The van der Waals surface area contributed by atoms with E-state index in [2.05, 4.69) is 46.6 Å². The monoisotopic (exact) mass is 578 g/mol. The predicted octanol–water partition coefficient (Wildman–Crippen LogP) is 6.38. The third-order valence-electron chi connectivity index (χ3n) is 7.34. The van der Waals surface area contributed by atoms with Crippen LogP contribution in [0.1, 0.15) is 56.6 Å². The van der Waals surface area contributed by atoms with Crippen LogP contribution in [0.4, 0.5) is 0 Å². The molecule has 1 atom stereocenters. The van der Waals surface area contributed by atoms with E-state index < -0.39 is 5.97 Å². The number of aromatic carboxylic acids is 1. The Morgan fingerprint density at radius 2 is 1.76 bits per heavy atom. The van der Waals surface area contributed by atoms with Crippen molar-refractivity contribution in [3.8, 4) is 11.3 Å². The number of imidazole rings is 1. The molecule has 0 aliphatic rings. The molecule has 7 nitrogen and oxygen atoms in total. The number of hydrogen-bond acceptors (Lipinski definition) is 5. The minimum absolute atomic E-state index is 0.101. The molecular weight excluding hydrogens is 544 g/mol. The number of nitrogens with one attached hydrogen (secondary N) is 1. The highest BCUT2D eigenvalue weighted by atomic mass is 32.1. The largest absolute Gasteiger partial charge is 0.478 e. The van der Waals surface area contributed by atoms with E-state index in [4.69, 9.17) is 4.98 Å². The fourth-order valence-corrected chi connectivity index (χ4v) is 5.46. The molecule has 0 saturated carbocycles. The number of aryl methyl sites for hydroxylation is 2. The van der Waals surface area contributed by atoms with Crippen LogP contribution < -0.4 is 5.32 Å². The number of aromatic nitrogens is 3. The van der Waals surface area contributed by atoms with Gasteiger partial charge in [-0.3, -0.25) is 9.78 Å². The highest BCUT2D eigenvalue weighted by Crippen LogP contribution is 2.26. The van der Waals surface area contributed by atoms with Crippen LogP contribution in [-0.4, -0.2) is 43.3 Å². The molecule has 0 radical (unpaired) electrons. The van der Waals surface area contributed by atoms with Gasteiger partial charge in [-0.1, -0.05) is 61.5 Å². The number of carboxylic acids is 1. The van der Waals surface area contributed by atoms with Crippen LogP contribution in [0.25, 0.3) is 22.3 Å². The Kier molecular flexibility index (Phi) is 9.03. The number of carbonyl (C=O) groups is 2. The number of carboxylic acid groups (broad SMARTS) is 1. The molecule has 0 fully saturated rings. The second kappa shape index (κ2) is 13.0. The standard InChI is InChI=1S/C34H34N4O3S/c1-3-9-31-37-32-22(2)16-25(33(39)36-26(21-42)17-23-10-5-4-6-11-23)18-30(32)38(31)20-24-14-15-29(35-19-24)27-12-7-8-13-28(27)34(40)41/h4-8,10-16,18-19,26,42H,3,9,17,20-21H2,1-2H3,(H,36,39)(H,40,41)/t26-/m1/s1. The first-order valence-electron chi connectivity index (χ1n) is 14.1. The molecule has 42 heavy (non-hydrogen) atoms. The fraction of sp³-hybridized carbons (Fsp3) is 0.235. The van der Waals surface area contributed by atoms with E-state index in [0.717, 1.165) is 46.4 Å². The summed E-state index contributed by atoms with van der Waals surface area (Å²) in [6.45, 7) is 4.63. The van der Waals surface area contributed by atoms with Gasteiger partial charge in [-0.25, -0.2) is 9.78 Å². The Labute approximate surface area is 251 Å². The SMILES string of the molecule is CCCc1nc2c(C)cc(C(=O)N[C@@H](CS)Cc3ccccc3)cc2n1Cc1ccc(-c2ccccc2C(=O)O)nc1. The highest BCUT2D eigenvalue weighted by molar-refractivity contribution is 7.80. The van der Waals surface area contributed by atoms with Crippen LogP contribution in [0.3, 0.4) is 0 Å². The van der Waals surface area contributed by atoms with E-state index in [1.165, 1.54) is 0 Å². The van der Waals surface area contributed by atoms with Gasteiger partial charge in [0.15, 0.2) is 0 Å². The Morgan fingerprint density at radius 3 is 2.45 bits per heavy atom. The predicted molar refractivity (Wildman–Crippen MR) is 169 cm³/mol. The van der Waals surface area contributed by atoms with Crippen LogP contribution in [0, 0.1) is 6.92 Å². The minimum Gasteiger partial charge on any atom is -0.478 e. The maximum absolute atomic E-state index is 13.4. The summed E-state index contributed by atoms with van der Waals surface area (Å²) >= 11 is 4.49. The molecule has 2 heterocycles. The molecule has 2 aromatic heterocycles. The number of hydrogen-bond donors (Lipinski definition) is 3. The van der Waals surface area contributed by atoms with Gasteiger partial charge in [-0.05, 0) is 60.7 Å². The topological polar surface area (TPSA) is 97.1 Å². The van der Waals surface area contributed by atoms with Crippen LogP contribution in [0.15, 0.2) is 85.1 Å². The van der Waals surface area contributed by atoms with Crippen LogP contribution in [-0.2, 0) is 19.4 Å². The first-order valence-corrected chi connectivity index (χ1v) is 14.7. The number of benzene rings is 3. The molecule has 0 saturated heterocycles. The Hall–Kier alpha value is -4.43. The molecule has 5 rings (SSSR count). The average Bonchev–Trinajstić information content (AvgIpc) is 3.35. The lowest BCUT2D eigenvalue weighted by Crippen LogP contribution is -2.37. The van der Waals surface area contributed by atoms with Crippen LogP contribution in [0.5, 0.6) is 0 Å². The third kappa shape index (κ3) is 6.39. The molecule has 2 N–H and O–H groups in total. The van der Waals surface area contributed by atoms with E-state index in [1.807, 2.05) is 55.5 Å². The maximum Gasteiger partial charge on any atom is 0.336 e. The summed E-state index contributed by atoms with van der Waals surface area (Å²) in [5, 5.41) is 12.7. The number of pyridine rings is 1. The second-order valence-corrected chi connectivity index (χ2v) is 10.8. The van der Waals surface area contributed by atoms with Gasteiger partial charge in [-0.15, -0.1) is 0 Å². The van der Waals surface area contributed by atoms with Crippen molar-refractivity contribution in [1.29, 1.82) is 0 Å². The summed E-state index contributed by atoms with van der Waals surface area (Å²) in [6, 6.07) is 24.5. The summed E-state index contributed by atoms with van der Waals surface area (Å²) < 4.78 is 2.16. The number of nitrogens with zero attached hydrogens (tertiary/aromatic N) is 3. The Morgan fingerprint density at radius 1 is 1.00 bits per heavy atom. The van der Waals surface area contributed by atoms with E-state index in [0.29, 0.717) is 35.5 Å². The molecule has 0 bridgehead atoms. The number of fused-ring (bicyclic) bond motifs is 1. The van der Waals surface area contributed by atoms with Crippen molar-refractivity contribution in [2.24, 2.45) is 0 Å². The molecule has 5 aromatic rings. The zero-order valence-electron chi connectivity index (χ0n) is 23.7. The van der Waals surface area contributed by atoms with Crippen molar-refractivity contribution in [1.82, 2.24) is 19.9 Å². The van der Waals surface area contributed by atoms with Gasteiger partial charge in [0.25, 0.3) is 5.91 Å². The van der Waals surface area contributed by atoms with Gasteiger partial charge in [0.1, 0.15) is 5.82 Å². The van der Waals surface area contributed by atoms with Crippen molar-refractivity contribution < 1.29 is 14.7 Å². The quantitative estimate of drug-likeness (QED) is 0.158. The second-order valence-electron chi connectivity index (χ2n) is 10.5. The number of rotatable bonds is 11. The van der Waals surface area contributed by atoms with E-state index in [1.54, 1.807) is 24.4 Å². The fourth-order valence-electron chi connectivity index (χ4n) is 5.24. The molecule has 8 heteroatoms. The Balaban J connectivity index is 1.44. The van der Waals surface area contributed by atoms with Gasteiger partial charge < -0.3 is 15.0 Å². The highest BCUT2D eigenvalue weighted by Gasteiger charge is 2.19. The van der Waals surface area contributed by atoms with E-state index in [-0.39, 0.29) is 17.5 Å². The van der Waals surface area contributed by atoms with E-state index >= 15 is 0 Å². The molecule has 214 valence electrons. The lowest BCUT2D eigenvalue weighted by molar-refractivity contribution is 0.0697. The van der Waals surface area contributed by atoms with Crippen molar-refractivity contribution in [3.05, 3.63) is 119 Å². The zero-order valence-corrected chi connectivity index (χ0v) is 24.6. The summed E-state index contributed by atoms with van der Waals surface area (Å²) in [6.07, 6.45) is 4.21. The summed E-state index contributed by atoms with van der Waals surface area (Å²) in [5.74, 6) is 0.357. The van der Waals surface area contributed by atoms with Crippen molar-refractivity contribution in [2.75, 3.05) is 5.75 Å². The van der Waals surface area contributed by atoms with Crippen molar-refractivity contribution >= 4 is 35.5 Å². The molecule has 0 aliphatic heterocycles. The zero-order chi connectivity index (χ0) is 29.6. The minimum atomic E-state index is -0.985. The summed E-state index contributed by atoms with van der Waals surface area (Å²) in [7, 11) is 0.